The minimum atomic E-state index is -1.04. The number of hydrogen-bond acceptors (Lipinski definition) is 5. The van der Waals surface area contributed by atoms with Crippen molar-refractivity contribution in [1.29, 1.82) is 0 Å². The van der Waals surface area contributed by atoms with Gasteiger partial charge in [-0.15, -0.1) is 0 Å². The highest BCUT2D eigenvalue weighted by Gasteiger charge is 2.23. The predicted molar refractivity (Wildman–Crippen MR) is 100 cm³/mol. The third-order valence-corrected chi connectivity index (χ3v) is 4.66. The Kier molecular flexibility index (Phi) is 3.93. The van der Waals surface area contributed by atoms with E-state index in [4.69, 9.17) is 20.4 Å². The molecule has 2 heterocycles. The van der Waals surface area contributed by atoms with Gasteiger partial charge in [0.05, 0.1) is 6.42 Å². The van der Waals surface area contributed by atoms with Gasteiger partial charge < -0.3 is 19.0 Å². The predicted octanol–water partition coefficient (Wildman–Crippen LogP) is 4.50. The summed E-state index contributed by atoms with van der Waals surface area (Å²) >= 11 is 5.92. The van der Waals surface area contributed by atoms with Crippen LogP contribution in [-0.4, -0.2) is 16.2 Å². The quantitative estimate of drug-likeness (QED) is 0.504. The first-order valence-corrected chi connectivity index (χ1v) is 8.42. The maximum absolute atomic E-state index is 11.7. The van der Waals surface area contributed by atoms with Crippen molar-refractivity contribution < 1.29 is 23.8 Å². The molecule has 27 heavy (non-hydrogen) atoms. The molecule has 0 radical (unpaired) electrons. The first kappa shape index (κ1) is 17.2. The lowest BCUT2D eigenvalue weighted by atomic mass is 10.0. The molecule has 0 amide bonds. The number of carbonyl (C=O) groups is 1. The van der Waals surface area contributed by atoms with Crippen LogP contribution in [-0.2, 0) is 11.2 Å². The molecule has 0 aliphatic rings. The molecule has 0 bridgehead atoms. The summed E-state index contributed by atoms with van der Waals surface area (Å²) in [7, 11) is 0. The largest absolute Gasteiger partial charge is 0.502 e. The van der Waals surface area contributed by atoms with Crippen LogP contribution >= 0.6 is 11.6 Å². The fraction of sp³-hybridized carbons (Fsp3) is 0.100. The summed E-state index contributed by atoms with van der Waals surface area (Å²) in [6.45, 7) is 1.71. The number of aromatic hydroxyl groups is 1. The zero-order valence-corrected chi connectivity index (χ0v) is 14.8. The van der Waals surface area contributed by atoms with Gasteiger partial charge >= 0.3 is 11.6 Å². The molecule has 2 aromatic heterocycles. The molecule has 7 heteroatoms. The molecule has 0 saturated heterocycles. The zero-order valence-electron chi connectivity index (χ0n) is 14.1. The molecule has 0 atom stereocenters. The van der Waals surface area contributed by atoms with E-state index in [2.05, 4.69) is 0 Å². The van der Waals surface area contributed by atoms with Gasteiger partial charge in [-0.2, -0.15) is 0 Å². The van der Waals surface area contributed by atoms with E-state index in [1.807, 2.05) is 0 Å². The van der Waals surface area contributed by atoms with Crippen LogP contribution in [0.1, 0.15) is 11.1 Å². The molecular weight excluding hydrogens is 372 g/mol. The fourth-order valence-electron chi connectivity index (χ4n) is 3.19. The van der Waals surface area contributed by atoms with Gasteiger partial charge in [0.1, 0.15) is 5.76 Å². The highest BCUT2D eigenvalue weighted by Crippen LogP contribution is 2.42. The Labute approximate surface area is 157 Å². The number of rotatable bonds is 3. The Morgan fingerprint density at radius 2 is 1.74 bits per heavy atom. The number of phenols is 1. The molecular formula is C20H13ClO6. The van der Waals surface area contributed by atoms with E-state index in [9.17, 15) is 19.8 Å². The highest BCUT2D eigenvalue weighted by molar-refractivity contribution is 6.30. The Morgan fingerprint density at radius 3 is 2.41 bits per heavy atom. The summed E-state index contributed by atoms with van der Waals surface area (Å²) < 4.78 is 11.0. The second kappa shape index (κ2) is 6.17. The Morgan fingerprint density at radius 1 is 1.07 bits per heavy atom. The molecule has 0 aliphatic heterocycles. The maximum atomic E-state index is 11.7. The third kappa shape index (κ3) is 2.84. The molecule has 0 fully saturated rings. The van der Waals surface area contributed by atoms with E-state index in [0.29, 0.717) is 38.2 Å². The summed E-state index contributed by atoms with van der Waals surface area (Å²) in [5, 5.41) is 21.5. The van der Waals surface area contributed by atoms with Crippen LogP contribution in [0.2, 0.25) is 5.02 Å². The number of hydrogen-bond donors (Lipinski definition) is 2. The van der Waals surface area contributed by atoms with Gasteiger partial charge in [-0.3, -0.25) is 4.79 Å². The first-order valence-electron chi connectivity index (χ1n) is 8.04. The normalized spacial score (nSPS) is 11.3. The summed E-state index contributed by atoms with van der Waals surface area (Å²) in [6, 6.07) is 9.71. The van der Waals surface area contributed by atoms with Crippen molar-refractivity contribution in [2.75, 3.05) is 0 Å². The maximum Gasteiger partial charge on any atom is 0.336 e. The van der Waals surface area contributed by atoms with Crippen molar-refractivity contribution >= 4 is 39.5 Å². The van der Waals surface area contributed by atoms with Gasteiger partial charge in [-0.1, -0.05) is 11.6 Å². The number of carboxylic acids is 1. The average molecular weight is 385 g/mol. The Bertz CT molecular complexity index is 1260. The van der Waals surface area contributed by atoms with Crippen molar-refractivity contribution in [1.82, 2.24) is 0 Å². The molecule has 6 nitrogen and oxygen atoms in total. The highest BCUT2D eigenvalue weighted by atomic mass is 35.5. The molecule has 4 aromatic rings. The Balaban J connectivity index is 2.12. The first-order chi connectivity index (χ1) is 12.8. The van der Waals surface area contributed by atoms with Gasteiger partial charge in [-0.25, -0.2) is 4.79 Å². The van der Waals surface area contributed by atoms with Crippen LogP contribution in [0, 0.1) is 6.92 Å². The SMILES string of the molecule is Cc1cc(=O)oc2c(O)c3oc(-c4ccc(Cl)cc4)c(CC(=O)O)c3cc12. The fourth-order valence-corrected chi connectivity index (χ4v) is 3.32. The van der Waals surface area contributed by atoms with E-state index < -0.39 is 11.6 Å². The number of halogens is 1. The van der Waals surface area contributed by atoms with E-state index in [1.54, 1.807) is 37.3 Å². The molecule has 136 valence electrons. The van der Waals surface area contributed by atoms with Gasteiger partial charge in [0, 0.05) is 33.0 Å². The Hall–Kier alpha value is -3.25. The summed E-state index contributed by atoms with van der Waals surface area (Å²) in [5.41, 5.74) is 1.12. The lowest BCUT2D eigenvalue weighted by Gasteiger charge is -2.04. The number of phenolic OH excluding ortho intramolecular Hbond substituents is 1. The number of fused-ring (bicyclic) bond motifs is 2. The second-order valence-electron chi connectivity index (χ2n) is 6.21. The zero-order chi connectivity index (χ0) is 19.3. The van der Waals surface area contributed by atoms with Crippen LogP contribution in [0.25, 0.3) is 33.3 Å². The van der Waals surface area contributed by atoms with E-state index in [1.165, 1.54) is 6.07 Å². The number of aryl methyl sites for hydroxylation is 1. The second-order valence-corrected chi connectivity index (χ2v) is 6.65. The summed E-state index contributed by atoms with van der Waals surface area (Å²) in [4.78, 5) is 23.1. The third-order valence-electron chi connectivity index (χ3n) is 4.41. The minimum absolute atomic E-state index is 0.00535. The van der Waals surface area contributed by atoms with Crippen LogP contribution in [0.15, 0.2) is 50.0 Å². The van der Waals surface area contributed by atoms with E-state index in [0.717, 1.165) is 0 Å². The molecule has 4 rings (SSSR count). The van der Waals surface area contributed by atoms with Gasteiger partial charge in [0.25, 0.3) is 0 Å². The minimum Gasteiger partial charge on any atom is -0.502 e. The molecule has 0 aliphatic carbocycles. The topological polar surface area (TPSA) is 101 Å². The van der Waals surface area contributed by atoms with Gasteiger partial charge in [0.2, 0.25) is 5.75 Å². The van der Waals surface area contributed by atoms with Crippen molar-refractivity contribution in [2.24, 2.45) is 0 Å². The van der Waals surface area contributed by atoms with Crippen molar-refractivity contribution in [3.05, 3.63) is 63.0 Å². The van der Waals surface area contributed by atoms with Crippen LogP contribution in [0.5, 0.6) is 5.75 Å². The standard InChI is InChI=1S/C20H13ClO6/c1-9-6-16(24)26-19-12(9)7-13-14(8-15(22)23)18(27-20(13)17(19)25)10-2-4-11(21)5-3-10/h2-7,25H,8H2,1H3,(H,22,23). The van der Waals surface area contributed by atoms with Crippen LogP contribution in [0.3, 0.4) is 0 Å². The molecule has 2 N–H and O–H groups in total. The monoisotopic (exact) mass is 384 g/mol. The lowest BCUT2D eigenvalue weighted by molar-refractivity contribution is -0.136. The number of furan rings is 1. The van der Waals surface area contributed by atoms with Gasteiger partial charge in [-0.05, 0) is 42.8 Å². The van der Waals surface area contributed by atoms with Crippen LogP contribution in [0.4, 0.5) is 0 Å². The molecule has 0 saturated carbocycles. The smallest absolute Gasteiger partial charge is 0.336 e. The van der Waals surface area contributed by atoms with E-state index in [-0.39, 0.29) is 23.3 Å². The number of carboxylic acid groups (broad SMARTS) is 1. The van der Waals surface area contributed by atoms with Crippen LogP contribution < -0.4 is 5.63 Å². The number of benzene rings is 2. The molecule has 0 spiro atoms. The van der Waals surface area contributed by atoms with Crippen molar-refractivity contribution in [3.8, 4) is 17.1 Å². The van der Waals surface area contributed by atoms with Crippen molar-refractivity contribution in [2.45, 2.75) is 13.3 Å². The molecule has 0 unspecified atom stereocenters. The summed E-state index contributed by atoms with van der Waals surface area (Å²) in [5.74, 6) is -1.06. The van der Waals surface area contributed by atoms with E-state index >= 15 is 0 Å². The van der Waals surface area contributed by atoms with Gasteiger partial charge in [0.15, 0.2) is 11.2 Å². The number of aliphatic carboxylic acids is 1. The summed E-state index contributed by atoms with van der Waals surface area (Å²) in [6.07, 6.45) is -0.300. The van der Waals surface area contributed by atoms with Crippen molar-refractivity contribution in [3.63, 3.8) is 0 Å². The average Bonchev–Trinajstić information content (AvgIpc) is 2.95. The molecule has 2 aromatic carbocycles. The lowest BCUT2D eigenvalue weighted by Crippen LogP contribution is -2.01.